The third-order valence-corrected chi connectivity index (χ3v) is 5.14. The number of benzene rings is 1. The number of carbonyl (C=O) groups excluding carboxylic acids is 1. The number of hydrogen-bond donors (Lipinski definition) is 1. The van der Waals surface area contributed by atoms with Crippen molar-refractivity contribution < 1.29 is 9.18 Å². The molecule has 24 heavy (non-hydrogen) atoms. The molecule has 1 N–H and O–H groups in total. The van der Waals surface area contributed by atoms with E-state index in [1.807, 2.05) is 29.8 Å². The average Bonchev–Trinajstić information content (AvgIpc) is 3.26. The minimum atomic E-state index is -0.265. The highest BCUT2D eigenvalue weighted by Gasteiger charge is 2.37. The lowest BCUT2D eigenvalue weighted by molar-refractivity contribution is -0.122. The van der Waals surface area contributed by atoms with E-state index in [9.17, 15) is 9.18 Å². The van der Waals surface area contributed by atoms with Crippen LogP contribution < -0.4 is 5.32 Å². The van der Waals surface area contributed by atoms with Gasteiger partial charge in [0.2, 0.25) is 5.91 Å². The van der Waals surface area contributed by atoms with Gasteiger partial charge < -0.3 is 9.88 Å². The van der Waals surface area contributed by atoms with E-state index >= 15 is 0 Å². The van der Waals surface area contributed by atoms with Gasteiger partial charge in [0.15, 0.2) is 0 Å². The van der Waals surface area contributed by atoms with Crippen molar-refractivity contribution in [3.05, 3.63) is 54.4 Å². The monoisotopic (exact) mass is 329 g/mol. The van der Waals surface area contributed by atoms with Crippen LogP contribution in [0.3, 0.4) is 0 Å². The summed E-state index contributed by atoms with van der Waals surface area (Å²) in [6.07, 6.45) is 9.68. The van der Waals surface area contributed by atoms with Crippen molar-refractivity contribution in [1.82, 2.24) is 14.9 Å². The fourth-order valence-corrected chi connectivity index (χ4v) is 3.73. The Labute approximate surface area is 142 Å². The van der Waals surface area contributed by atoms with Gasteiger partial charge in [0.05, 0.1) is 6.33 Å². The molecule has 1 aliphatic carbocycles. The van der Waals surface area contributed by atoms with E-state index < -0.39 is 0 Å². The molecule has 1 aromatic heterocycles. The second-order valence-electron chi connectivity index (χ2n) is 6.81. The molecule has 128 valence electrons. The number of imidazole rings is 1. The van der Waals surface area contributed by atoms with E-state index in [-0.39, 0.29) is 23.2 Å². The van der Waals surface area contributed by atoms with Gasteiger partial charge in [-0.3, -0.25) is 4.79 Å². The van der Waals surface area contributed by atoms with E-state index in [2.05, 4.69) is 10.3 Å². The molecule has 0 aliphatic heterocycles. The summed E-state index contributed by atoms with van der Waals surface area (Å²) < 4.78 is 16.2. The van der Waals surface area contributed by atoms with Crippen LogP contribution in [0.5, 0.6) is 0 Å². The van der Waals surface area contributed by atoms with E-state index in [1.54, 1.807) is 18.6 Å². The van der Waals surface area contributed by atoms with E-state index in [4.69, 9.17) is 0 Å². The summed E-state index contributed by atoms with van der Waals surface area (Å²) >= 11 is 0. The second kappa shape index (κ2) is 7.16. The SMILES string of the molecule is C[C@H](CC(=O)NCC1(c2ccccc2F)CCCC1)n1ccnc1. The summed E-state index contributed by atoms with van der Waals surface area (Å²) in [6, 6.07) is 7.02. The highest BCUT2D eigenvalue weighted by atomic mass is 19.1. The lowest BCUT2D eigenvalue weighted by Crippen LogP contribution is -2.40. The van der Waals surface area contributed by atoms with Crippen LogP contribution in [0, 0.1) is 5.82 Å². The minimum absolute atomic E-state index is 0.00110. The standard InChI is InChI=1S/C19H24FN3O/c1-15(23-11-10-21-14-23)12-18(24)22-13-19(8-4-5-9-19)16-6-2-3-7-17(16)20/h2-3,6-7,10-11,14-15H,4-5,8-9,12-13H2,1H3,(H,22,24)/t15-/m1/s1. The van der Waals surface area contributed by atoms with Gasteiger partial charge in [-0.1, -0.05) is 31.0 Å². The Morgan fingerprint density at radius 3 is 2.79 bits per heavy atom. The third-order valence-electron chi connectivity index (χ3n) is 5.14. The largest absolute Gasteiger partial charge is 0.355 e. The number of hydrogen-bond acceptors (Lipinski definition) is 2. The zero-order valence-electron chi connectivity index (χ0n) is 14.0. The predicted octanol–water partition coefficient (Wildman–Crippen LogP) is 3.60. The molecule has 1 atom stereocenters. The minimum Gasteiger partial charge on any atom is -0.355 e. The molecular formula is C19H24FN3O. The summed E-state index contributed by atoms with van der Waals surface area (Å²) in [5.41, 5.74) is 0.477. The Balaban J connectivity index is 1.65. The molecule has 1 heterocycles. The number of halogens is 1. The first kappa shape index (κ1) is 16.7. The maximum absolute atomic E-state index is 14.3. The summed E-state index contributed by atoms with van der Waals surface area (Å²) in [7, 11) is 0. The molecule has 1 saturated carbocycles. The molecule has 1 aromatic carbocycles. The lowest BCUT2D eigenvalue weighted by atomic mass is 9.78. The first-order valence-corrected chi connectivity index (χ1v) is 8.60. The van der Waals surface area contributed by atoms with Crippen molar-refractivity contribution in [2.75, 3.05) is 6.54 Å². The number of aromatic nitrogens is 2. The van der Waals surface area contributed by atoms with Gasteiger partial charge >= 0.3 is 0 Å². The van der Waals surface area contributed by atoms with Gasteiger partial charge in [0, 0.05) is 36.8 Å². The fraction of sp³-hybridized carbons (Fsp3) is 0.474. The quantitative estimate of drug-likeness (QED) is 0.880. The van der Waals surface area contributed by atoms with Gasteiger partial charge in [0.25, 0.3) is 0 Å². The number of nitrogens with one attached hydrogen (secondary N) is 1. The molecule has 1 fully saturated rings. The second-order valence-corrected chi connectivity index (χ2v) is 6.81. The Morgan fingerprint density at radius 2 is 2.12 bits per heavy atom. The molecule has 0 spiro atoms. The van der Waals surface area contributed by atoms with Gasteiger partial charge in [-0.15, -0.1) is 0 Å². The van der Waals surface area contributed by atoms with Gasteiger partial charge in [0.1, 0.15) is 5.82 Å². The highest BCUT2D eigenvalue weighted by Crippen LogP contribution is 2.41. The van der Waals surface area contributed by atoms with Crippen LogP contribution >= 0.6 is 0 Å². The number of carbonyl (C=O) groups is 1. The molecule has 5 heteroatoms. The van der Waals surface area contributed by atoms with E-state index in [0.29, 0.717) is 13.0 Å². The lowest BCUT2D eigenvalue weighted by Gasteiger charge is -2.30. The van der Waals surface area contributed by atoms with Crippen LogP contribution in [0.4, 0.5) is 4.39 Å². The van der Waals surface area contributed by atoms with Crippen molar-refractivity contribution in [1.29, 1.82) is 0 Å². The van der Waals surface area contributed by atoms with E-state index in [0.717, 1.165) is 31.2 Å². The van der Waals surface area contributed by atoms with Crippen molar-refractivity contribution >= 4 is 5.91 Å². The van der Waals surface area contributed by atoms with Gasteiger partial charge in [-0.05, 0) is 31.4 Å². The molecule has 2 aromatic rings. The van der Waals surface area contributed by atoms with Crippen LogP contribution in [-0.4, -0.2) is 22.0 Å². The van der Waals surface area contributed by atoms with Crippen molar-refractivity contribution in [2.24, 2.45) is 0 Å². The van der Waals surface area contributed by atoms with Crippen LogP contribution in [0.25, 0.3) is 0 Å². The Hall–Kier alpha value is -2.17. The smallest absolute Gasteiger partial charge is 0.222 e. The van der Waals surface area contributed by atoms with Crippen molar-refractivity contribution in [2.45, 2.75) is 50.5 Å². The van der Waals surface area contributed by atoms with Crippen LogP contribution in [-0.2, 0) is 10.2 Å². The third kappa shape index (κ3) is 3.50. The van der Waals surface area contributed by atoms with Gasteiger partial charge in [-0.2, -0.15) is 0 Å². The maximum Gasteiger partial charge on any atom is 0.222 e. The molecule has 1 aliphatic rings. The molecule has 3 rings (SSSR count). The first-order chi connectivity index (χ1) is 11.6. The van der Waals surface area contributed by atoms with Crippen molar-refractivity contribution in [3.8, 4) is 0 Å². The summed E-state index contributed by atoms with van der Waals surface area (Å²) in [5, 5.41) is 3.04. The predicted molar refractivity (Wildman–Crippen MR) is 91.1 cm³/mol. The summed E-state index contributed by atoms with van der Waals surface area (Å²) in [6.45, 7) is 2.49. The van der Waals surface area contributed by atoms with Crippen molar-refractivity contribution in [3.63, 3.8) is 0 Å². The highest BCUT2D eigenvalue weighted by molar-refractivity contribution is 5.76. The first-order valence-electron chi connectivity index (χ1n) is 8.60. The van der Waals surface area contributed by atoms with E-state index in [1.165, 1.54) is 6.07 Å². The summed E-state index contributed by atoms with van der Waals surface area (Å²) in [4.78, 5) is 16.3. The van der Waals surface area contributed by atoms with Gasteiger partial charge in [-0.25, -0.2) is 9.37 Å². The van der Waals surface area contributed by atoms with Crippen LogP contribution in [0.1, 0.15) is 50.6 Å². The molecular weight excluding hydrogens is 305 g/mol. The molecule has 1 amide bonds. The normalized spacial score (nSPS) is 17.6. The summed E-state index contributed by atoms with van der Waals surface area (Å²) in [5.74, 6) is -0.167. The number of rotatable bonds is 6. The Kier molecular flexibility index (Phi) is 4.97. The average molecular weight is 329 g/mol. The molecule has 0 unspecified atom stereocenters. The number of nitrogens with zero attached hydrogens (tertiary/aromatic N) is 2. The Bertz CT molecular complexity index is 678. The van der Waals surface area contributed by atoms with Crippen LogP contribution in [0.15, 0.2) is 43.0 Å². The molecule has 4 nitrogen and oxygen atoms in total. The fourth-order valence-electron chi connectivity index (χ4n) is 3.73. The maximum atomic E-state index is 14.3. The zero-order chi connectivity index (χ0) is 17.0. The zero-order valence-corrected chi connectivity index (χ0v) is 14.0. The van der Waals surface area contributed by atoms with Crippen LogP contribution in [0.2, 0.25) is 0 Å². The Morgan fingerprint density at radius 1 is 1.38 bits per heavy atom. The number of amides is 1. The molecule has 0 saturated heterocycles. The molecule has 0 bridgehead atoms. The molecule has 0 radical (unpaired) electrons. The topological polar surface area (TPSA) is 46.9 Å².